The lowest BCUT2D eigenvalue weighted by atomic mass is 10.0. The van der Waals surface area contributed by atoms with Crippen molar-refractivity contribution in [2.45, 2.75) is 38.1 Å². The summed E-state index contributed by atoms with van der Waals surface area (Å²) >= 11 is 5.77. The Balaban J connectivity index is 1.74. The molecule has 0 fully saturated rings. The Hall–Kier alpha value is -3.44. The predicted molar refractivity (Wildman–Crippen MR) is 125 cm³/mol. The van der Waals surface area contributed by atoms with Gasteiger partial charge in [-0.15, -0.1) is 0 Å². The highest BCUT2D eigenvalue weighted by molar-refractivity contribution is 6.31. The summed E-state index contributed by atoms with van der Waals surface area (Å²) in [5.41, 5.74) is 30.0. The molecule has 11 nitrogen and oxygen atoms in total. The summed E-state index contributed by atoms with van der Waals surface area (Å²) in [6.07, 6.45) is 3.29. The fourth-order valence-electron chi connectivity index (χ4n) is 2.94. The van der Waals surface area contributed by atoms with Gasteiger partial charge in [0.05, 0.1) is 0 Å². The molecule has 1 heterocycles. The van der Waals surface area contributed by atoms with E-state index in [9.17, 15) is 9.59 Å². The number of unbranched alkanes of at least 4 members (excludes halogenated alkanes) is 1. The number of carbonyl (C=O) groups excluding carboxylic acids is 2. The van der Waals surface area contributed by atoms with Crippen LogP contribution in [0.25, 0.3) is 0 Å². The van der Waals surface area contributed by atoms with Gasteiger partial charge in [-0.1, -0.05) is 35.9 Å². The van der Waals surface area contributed by atoms with E-state index in [-0.39, 0.29) is 40.9 Å². The van der Waals surface area contributed by atoms with E-state index in [4.69, 9.17) is 40.3 Å². The third-order valence-electron chi connectivity index (χ3n) is 4.50. The van der Waals surface area contributed by atoms with Crippen LogP contribution in [0, 0.1) is 0 Å². The van der Waals surface area contributed by atoms with Gasteiger partial charge in [0.25, 0.3) is 5.91 Å². The zero-order valence-corrected chi connectivity index (χ0v) is 18.3. The summed E-state index contributed by atoms with van der Waals surface area (Å²) in [5, 5.41) is 2.27. The predicted octanol–water partition coefficient (Wildman–Crippen LogP) is 0.107. The smallest absolute Gasteiger partial charge is 0.280 e. The van der Waals surface area contributed by atoms with Gasteiger partial charge in [-0.25, -0.2) is 9.97 Å². The van der Waals surface area contributed by atoms with Crippen molar-refractivity contribution in [3.63, 3.8) is 0 Å². The summed E-state index contributed by atoms with van der Waals surface area (Å²) in [6, 6.07) is 7.79. The Bertz CT molecular complexity index is 980. The number of guanidine groups is 1. The SMILES string of the molecule is NC(=O)CC(N)Cc1ccc(CCCCN=C(N)NC(=O)c2nc(Cl)c(N)nc2N)cc1. The molecule has 0 spiro atoms. The zero-order chi connectivity index (χ0) is 23.7. The van der Waals surface area contributed by atoms with Crippen LogP contribution in [-0.4, -0.2) is 40.3 Å². The number of hydrogen-bond acceptors (Lipinski definition) is 8. The maximum Gasteiger partial charge on any atom is 0.280 e. The Labute approximate surface area is 190 Å². The van der Waals surface area contributed by atoms with Crippen molar-refractivity contribution in [3.05, 3.63) is 46.2 Å². The van der Waals surface area contributed by atoms with Gasteiger partial charge < -0.3 is 28.7 Å². The molecule has 0 bridgehead atoms. The number of nitrogen functional groups attached to an aromatic ring is 2. The Morgan fingerprint density at radius 3 is 2.34 bits per heavy atom. The molecule has 0 saturated carbocycles. The van der Waals surface area contributed by atoms with Gasteiger partial charge in [0.15, 0.2) is 28.4 Å². The number of rotatable bonds is 10. The van der Waals surface area contributed by atoms with Crippen molar-refractivity contribution in [2.24, 2.45) is 22.2 Å². The van der Waals surface area contributed by atoms with Gasteiger partial charge >= 0.3 is 0 Å². The molecule has 2 rings (SSSR count). The third-order valence-corrected chi connectivity index (χ3v) is 4.78. The first-order valence-corrected chi connectivity index (χ1v) is 10.3. The Morgan fingerprint density at radius 2 is 1.69 bits per heavy atom. The quantitative estimate of drug-likeness (QED) is 0.162. The topological polar surface area (TPSA) is 214 Å². The summed E-state index contributed by atoms with van der Waals surface area (Å²) in [7, 11) is 0. The van der Waals surface area contributed by atoms with Gasteiger partial charge in [-0.3, -0.25) is 19.9 Å². The summed E-state index contributed by atoms with van der Waals surface area (Å²) < 4.78 is 0. The zero-order valence-electron chi connectivity index (χ0n) is 17.6. The number of anilines is 2. The van der Waals surface area contributed by atoms with Crippen LogP contribution in [0.2, 0.25) is 5.15 Å². The van der Waals surface area contributed by atoms with Crippen LogP contribution in [0.4, 0.5) is 11.6 Å². The molecule has 0 radical (unpaired) electrons. The number of primary amides is 1. The molecule has 172 valence electrons. The highest BCUT2D eigenvalue weighted by Gasteiger charge is 2.16. The lowest BCUT2D eigenvalue weighted by Gasteiger charge is -2.10. The second kappa shape index (κ2) is 11.8. The van der Waals surface area contributed by atoms with Crippen molar-refractivity contribution < 1.29 is 9.59 Å². The fraction of sp³-hybridized carbons (Fsp3) is 0.350. The van der Waals surface area contributed by atoms with Crippen LogP contribution in [0.5, 0.6) is 0 Å². The van der Waals surface area contributed by atoms with Gasteiger partial charge in [0.2, 0.25) is 5.91 Å². The molecule has 0 aliphatic rings. The van der Waals surface area contributed by atoms with Crippen molar-refractivity contribution in [3.8, 4) is 0 Å². The highest BCUT2D eigenvalue weighted by atomic mass is 35.5. The largest absolute Gasteiger partial charge is 0.382 e. The van der Waals surface area contributed by atoms with Crippen molar-refractivity contribution in [2.75, 3.05) is 18.0 Å². The molecule has 1 aromatic carbocycles. The van der Waals surface area contributed by atoms with Crippen molar-refractivity contribution in [1.82, 2.24) is 15.3 Å². The lowest BCUT2D eigenvalue weighted by molar-refractivity contribution is -0.118. The number of aromatic nitrogens is 2. The molecular formula is C20H28ClN9O2. The molecule has 32 heavy (non-hydrogen) atoms. The molecule has 11 N–H and O–H groups in total. The summed E-state index contributed by atoms with van der Waals surface area (Å²) in [5.74, 6) is -1.35. The van der Waals surface area contributed by atoms with Crippen LogP contribution in [-0.2, 0) is 17.6 Å². The first kappa shape index (κ1) is 24.8. The number of benzene rings is 1. The van der Waals surface area contributed by atoms with Gasteiger partial charge in [0.1, 0.15) is 0 Å². The van der Waals surface area contributed by atoms with E-state index < -0.39 is 11.8 Å². The number of hydrogen-bond donors (Lipinski definition) is 6. The Morgan fingerprint density at radius 1 is 1.03 bits per heavy atom. The number of aryl methyl sites for hydroxylation is 1. The summed E-state index contributed by atoms with van der Waals surface area (Å²) in [6.45, 7) is 0.440. The van der Waals surface area contributed by atoms with E-state index >= 15 is 0 Å². The van der Waals surface area contributed by atoms with Crippen LogP contribution in [0.1, 0.15) is 40.9 Å². The minimum Gasteiger partial charge on any atom is -0.382 e. The second-order valence-corrected chi connectivity index (χ2v) is 7.62. The summed E-state index contributed by atoms with van der Waals surface area (Å²) in [4.78, 5) is 34.8. The van der Waals surface area contributed by atoms with Gasteiger partial charge in [0, 0.05) is 19.0 Å². The fourth-order valence-corrected chi connectivity index (χ4v) is 3.07. The molecule has 1 atom stereocenters. The minimum absolute atomic E-state index is 0.0548. The average molecular weight is 462 g/mol. The highest BCUT2D eigenvalue weighted by Crippen LogP contribution is 2.17. The number of nitrogens with two attached hydrogens (primary N) is 5. The molecule has 0 saturated heterocycles. The first-order valence-electron chi connectivity index (χ1n) is 9.97. The molecule has 12 heteroatoms. The molecule has 0 aliphatic carbocycles. The van der Waals surface area contributed by atoms with Crippen LogP contribution in [0.3, 0.4) is 0 Å². The third kappa shape index (κ3) is 8.00. The maximum atomic E-state index is 12.2. The number of nitrogens with zero attached hydrogens (tertiary/aromatic N) is 3. The minimum atomic E-state index is -0.672. The van der Waals surface area contributed by atoms with Crippen LogP contribution >= 0.6 is 11.6 Å². The van der Waals surface area contributed by atoms with E-state index in [1.807, 2.05) is 24.3 Å². The molecule has 1 unspecified atom stereocenters. The number of aliphatic imine (C=N–C) groups is 1. The normalized spacial score (nSPS) is 12.4. The number of carbonyl (C=O) groups is 2. The van der Waals surface area contributed by atoms with E-state index in [0.717, 1.165) is 24.8 Å². The van der Waals surface area contributed by atoms with E-state index in [2.05, 4.69) is 20.3 Å². The van der Waals surface area contributed by atoms with Crippen molar-refractivity contribution in [1.29, 1.82) is 0 Å². The Kier molecular flexibility index (Phi) is 9.17. The average Bonchev–Trinajstić information content (AvgIpc) is 2.71. The standard InChI is InChI=1S/C20H28ClN9O2/c21-16-18(25)29-17(24)15(28-16)19(32)30-20(26)27-8-2-1-3-11-4-6-12(7-5-11)9-13(22)10-14(23)31/h4-7,13H,1-3,8-10,22H2,(H2,23,31)(H4,24,25,29)(H3,26,27,30,32). The van der Waals surface area contributed by atoms with E-state index in [0.29, 0.717) is 13.0 Å². The molecule has 2 aromatic rings. The molecule has 1 aromatic heterocycles. The first-order chi connectivity index (χ1) is 15.2. The van der Waals surface area contributed by atoms with Crippen LogP contribution < -0.4 is 34.0 Å². The second-order valence-electron chi connectivity index (χ2n) is 7.26. The molecular weight excluding hydrogens is 434 g/mol. The monoisotopic (exact) mass is 461 g/mol. The van der Waals surface area contributed by atoms with Gasteiger partial charge in [-0.2, -0.15) is 0 Å². The maximum absolute atomic E-state index is 12.2. The number of halogens is 1. The molecule has 0 aliphatic heterocycles. The van der Waals surface area contributed by atoms with Crippen LogP contribution in [0.15, 0.2) is 29.3 Å². The number of amides is 2. The van der Waals surface area contributed by atoms with Crippen molar-refractivity contribution >= 4 is 41.0 Å². The molecule has 2 amide bonds. The van der Waals surface area contributed by atoms with E-state index in [1.165, 1.54) is 5.56 Å². The number of nitrogens with one attached hydrogen (secondary N) is 1. The van der Waals surface area contributed by atoms with E-state index in [1.54, 1.807) is 0 Å². The van der Waals surface area contributed by atoms with Gasteiger partial charge in [-0.05, 0) is 36.8 Å². The lowest BCUT2D eigenvalue weighted by Crippen LogP contribution is -2.38.